The highest BCUT2D eigenvalue weighted by Crippen LogP contribution is 2.30. The van der Waals surface area contributed by atoms with Crippen LogP contribution in [0.5, 0.6) is 0 Å². The molecule has 0 spiro atoms. The number of hydrogen-bond donors (Lipinski definition) is 1. The van der Waals surface area contributed by atoms with Crippen molar-refractivity contribution >= 4 is 16.8 Å². The van der Waals surface area contributed by atoms with Crippen LogP contribution in [0.1, 0.15) is 44.1 Å². The standard InChI is InChI=1S/C22H31N3O/c1-17-7-8-21-18(15-17)9-13-25(21)14-10-22(26)23-16-19-5-4-12-24-11-3-2-6-20(19)24/h7-9,13,15,19-20H,2-6,10-12,14,16H2,1H3,(H,23,26)/t19-,20-/m1/s1. The molecule has 1 N–H and O–H groups in total. The van der Waals surface area contributed by atoms with E-state index in [2.05, 4.69) is 52.2 Å². The van der Waals surface area contributed by atoms with Gasteiger partial charge in [0.25, 0.3) is 0 Å². The normalized spacial score (nSPS) is 23.7. The van der Waals surface area contributed by atoms with Crippen molar-refractivity contribution < 1.29 is 4.79 Å². The van der Waals surface area contributed by atoms with Gasteiger partial charge in [0.05, 0.1) is 0 Å². The molecule has 26 heavy (non-hydrogen) atoms. The number of hydrogen-bond acceptors (Lipinski definition) is 2. The Hall–Kier alpha value is -1.81. The first kappa shape index (κ1) is 17.6. The van der Waals surface area contributed by atoms with Crippen LogP contribution in [0, 0.1) is 12.8 Å². The highest BCUT2D eigenvalue weighted by molar-refractivity contribution is 5.81. The Morgan fingerprint density at radius 1 is 1.15 bits per heavy atom. The molecule has 4 nitrogen and oxygen atoms in total. The smallest absolute Gasteiger partial charge is 0.221 e. The minimum absolute atomic E-state index is 0.187. The summed E-state index contributed by atoms with van der Waals surface area (Å²) < 4.78 is 2.19. The molecule has 2 atom stereocenters. The third kappa shape index (κ3) is 3.80. The number of nitrogens with zero attached hydrogens (tertiary/aromatic N) is 2. The predicted molar refractivity (Wildman–Crippen MR) is 106 cm³/mol. The van der Waals surface area contributed by atoms with E-state index in [0.29, 0.717) is 18.4 Å². The lowest BCUT2D eigenvalue weighted by molar-refractivity contribution is -0.121. The second-order valence-electron chi connectivity index (χ2n) is 8.13. The van der Waals surface area contributed by atoms with Crippen molar-refractivity contribution in [3.63, 3.8) is 0 Å². The Balaban J connectivity index is 1.28. The monoisotopic (exact) mass is 353 g/mol. The number of benzene rings is 1. The van der Waals surface area contributed by atoms with Crippen molar-refractivity contribution in [1.82, 2.24) is 14.8 Å². The summed E-state index contributed by atoms with van der Waals surface area (Å²) in [6, 6.07) is 9.33. The van der Waals surface area contributed by atoms with E-state index in [1.54, 1.807) is 0 Å². The molecule has 2 saturated heterocycles. The van der Waals surface area contributed by atoms with Gasteiger partial charge in [0, 0.05) is 37.3 Å². The molecule has 0 radical (unpaired) electrons. The maximum atomic E-state index is 12.4. The first-order valence-corrected chi connectivity index (χ1v) is 10.3. The molecule has 2 aliphatic heterocycles. The Bertz CT molecular complexity index is 764. The topological polar surface area (TPSA) is 37.3 Å². The van der Waals surface area contributed by atoms with Gasteiger partial charge in [0.1, 0.15) is 0 Å². The first-order chi connectivity index (χ1) is 12.7. The number of aryl methyl sites for hydroxylation is 2. The van der Waals surface area contributed by atoms with Crippen molar-refractivity contribution in [1.29, 1.82) is 0 Å². The van der Waals surface area contributed by atoms with Crippen molar-refractivity contribution in [2.24, 2.45) is 5.92 Å². The number of rotatable bonds is 5. The number of fused-ring (bicyclic) bond motifs is 2. The SMILES string of the molecule is Cc1ccc2c(ccn2CCC(=O)NC[C@H]2CCCN3CCCC[C@H]23)c1. The van der Waals surface area contributed by atoms with Gasteiger partial charge in [-0.25, -0.2) is 0 Å². The Kier molecular flexibility index (Phi) is 5.30. The fraction of sp³-hybridized carbons (Fsp3) is 0.591. The van der Waals surface area contributed by atoms with Crippen molar-refractivity contribution in [3.8, 4) is 0 Å². The quantitative estimate of drug-likeness (QED) is 0.889. The lowest BCUT2D eigenvalue weighted by Crippen LogP contribution is -2.51. The summed E-state index contributed by atoms with van der Waals surface area (Å²) in [5.41, 5.74) is 2.49. The summed E-state index contributed by atoms with van der Waals surface area (Å²) in [5, 5.41) is 4.48. The second-order valence-corrected chi connectivity index (χ2v) is 8.13. The van der Waals surface area contributed by atoms with Crippen LogP contribution < -0.4 is 5.32 Å². The minimum atomic E-state index is 0.187. The summed E-state index contributed by atoms with van der Waals surface area (Å²) >= 11 is 0. The number of piperidine rings is 2. The highest BCUT2D eigenvalue weighted by Gasteiger charge is 2.32. The summed E-state index contributed by atoms with van der Waals surface area (Å²) in [7, 11) is 0. The molecule has 2 aromatic rings. The molecule has 2 aliphatic rings. The number of amides is 1. The molecule has 140 valence electrons. The van der Waals surface area contributed by atoms with E-state index in [1.165, 1.54) is 61.7 Å². The number of aromatic nitrogens is 1. The highest BCUT2D eigenvalue weighted by atomic mass is 16.1. The molecule has 1 aromatic heterocycles. The molecule has 0 bridgehead atoms. The van der Waals surface area contributed by atoms with Gasteiger partial charge in [-0.1, -0.05) is 18.1 Å². The number of carbonyl (C=O) groups is 1. The van der Waals surface area contributed by atoms with Gasteiger partial charge < -0.3 is 14.8 Å². The number of carbonyl (C=O) groups excluding carboxylic acids is 1. The molecule has 1 amide bonds. The van der Waals surface area contributed by atoms with Crippen LogP contribution in [0.2, 0.25) is 0 Å². The van der Waals surface area contributed by atoms with Crippen molar-refractivity contribution in [2.45, 2.75) is 58.0 Å². The zero-order valence-electron chi connectivity index (χ0n) is 15.9. The van der Waals surface area contributed by atoms with Crippen LogP contribution in [0.15, 0.2) is 30.5 Å². The van der Waals surface area contributed by atoms with E-state index in [1.807, 2.05) is 0 Å². The van der Waals surface area contributed by atoms with E-state index < -0.39 is 0 Å². The lowest BCUT2D eigenvalue weighted by Gasteiger charge is -2.44. The Morgan fingerprint density at radius 3 is 2.96 bits per heavy atom. The van der Waals surface area contributed by atoms with Gasteiger partial charge in [-0.15, -0.1) is 0 Å². The summed E-state index contributed by atoms with van der Waals surface area (Å²) in [4.78, 5) is 15.1. The van der Waals surface area contributed by atoms with Gasteiger partial charge in [-0.05, 0) is 75.2 Å². The van der Waals surface area contributed by atoms with E-state index >= 15 is 0 Å². The minimum Gasteiger partial charge on any atom is -0.356 e. The molecule has 4 rings (SSSR count). The first-order valence-electron chi connectivity index (χ1n) is 10.3. The van der Waals surface area contributed by atoms with Crippen molar-refractivity contribution in [3.05, 3.63) is 36.0 Å². The molecule has 4 heteroatoms. The fourth-order valence-electron chi connectivity index (χ4n) is 4.89. The predicted octanol–water partition coefficient (Wildman–Crippen LogP) is 3.72. The molecule has 0 unspecified atom stereocenters. The van der Waals surface area contributed by atoms with Crippen LogP contribution in [0.3, 0.4) is 0 Å². The molecular weight excluding hydrogens is 322 g/mol. The third-order valence-corrected chi connectivity index (χ3v) is 6.30. The largest absolute Gasteiger partial charge is 0.356 e. The second kappa shape index (κ2) is 7.83. The van der Waals surface area contributed by atoms with Gasteiger partial charge in [0.2, 0.25) is 5.91 Å². The number of nitrogens with one attached hydrogen (secondary N) is 1. The van der Waals surface area contributed by atoms with Gasteiger partial charge in [-0.2, -0.15) is 0 Å². The lowest BCUT2D eigenvalue weighted by atomic mass is 9.83. The zero-order valence-corrected chi connectivity index (χ0v) is 15.9. The van der Waals surface area contributed by atoms with E-state index in [9.17, 15) is 4.79 Å². The van der Waals surface area contributed by atoms with E-state index in [0.717, 1.165) is 13.1 Å². The van der Waals surface area contributed by atoms with Crippen LogP contribution in [0.4, 0.5) is 0 Å². The molecule has 1 aromatic carbocycles. The fourth-order valence-corrected chi connectivity index (χ4v) is 4.89. The summed E-state index contributed by atoms with van der Waals surface area (Å²) in [6.07, 6.45) is 9.22. The van der Waals surface area contributed by atoms with Crippen LogP contribution in [-0.2, 0) is 11.3 Å². The zero-order chi connectivity index (χ0) is 17.9. The molecule has 0 aliphatic carbocycles. The van der Waals surface area contributed by atoms with E-state index in [-0.39, 0.29) is 5.91 Å². The average Bonchev–Trinajstić information content (AvgIpc) is 3.06. The van der Waals surface area contributed by atoms with Crippen LogP contribution in [0.25, 0.3) is 10.9 Å². The van der Waals surface area contributed by atoms with Gasteiger partial charge >= 0.3 is 0 Å². The molecule has 0 saturated carbocycles. The Labute approximate surface area is 156 Å². The Morgan fingerprint density at radius 2 is 2.04 bits per heavy atom. The maximum absolute atomic E-state index is 12.4. The summed E-state index contributed by atoms with van der Waals surface area (Å²) in [6.45, 7) is 6.23. The van der Waals surface area contributed by atoms with Gasteiger partial charge in [-0.3, -0.25) is 4.79 Å². The summed E-state index contributed by atoms with van der Waals surface area (Å²) in [5.74, 6) is 0.829. The average molecular weight is 354 g/mol. The third-order valence-electron chi connectivity index (χ3n) is 6.30. The van der Waals surface area contributed by atoms with Crippen molar-refractivity contribution in [2.75, 3.05) is 19.6 Å². The maximum Gasteiger partial charge on any atom is 0.221 e. The molecule has 2 fully saturated rings. The molecule has 3 heterocycles. The van der Waals surface area contributed by atoms with Crippen LogP contribution in [-0.4, -0.2) is 41.1 Å². The van der Waals surface area contributed by atoms with E-state index in [4.69, 9.17) is 0 Å². The molecular formula is C22H31N3O. The van der Waals surface area contributed by atoms with Crippen LogP contribution >= 0.6 is 0 Å². The van der Waals surface area contributed by atoms with Gasteiger partial charge in [0.15, 0.2) is 0 Å².